The SMILES string of the molecule is NC(=O)c1nn(-c2ccccc2)c(-c2ccccc2)c1Cl. The average Bonchev–Trinajstić information content (AvgIpc) is 2.87. The Morgan fingerprint density at radius 2 is 1.57 bits per heavy atom. The van der Waals surface area contributed by atoms with Gasteiger partial charge < -0.3 is 5.73 Å². The lowest BCUT2D eigenvalue weighted by molar-refractivity contribution is 0.0995. The summed E-state index contributed by atoms with van der Waals surface area (Å²) in [5.41, 5.74) is 7.75. The van der Waals surface area contributed by atoms with Crippen LogP contribution in [0.1, 0.15) is 10.5 Å². The summed E-state index contributed by atoms with van der Waals surface area (Å²) in [7, 11) is 0. The molecule has 0 aliphatic rings. The fourth-order valence-corrected chi connectivity index (χ4v) is 2.48. The number of hydrogen-bond acceptors (Lipinski definition) is 2. The summed E-state index contributed by atoms with van der Waals surface area (Å²) in [4.78, 5) is 11.5. The third-order valence-corrected chi connectivity index (χ3v) is 3.47. The standard InChI is InChI=1S/C16H12ClN3O/c17-13-14(16(18)21)19-20(12-9-5-2-6-10-12)15(13)11-7-3-1-4-8-11/h1-10H,(H2,18,21). The molecule has 1 heterocycles. The largest absolute Gasteiger partial charge is 0.364 e. The van der Waals surface area contributed by atoms with Gasteiger partial charge in [0.15, 0.2) is 5.69 Å². The van der Waals surface area contributed by atoms with Gasteiger partial charge in [-0.25, -0.2) is 4.68 Å². The summed E-state index contributed by atoms with van der Waals surface area (Å²) in [6, 6.07) is 19.0. The molecular formula is C16H12ClN3O. The van der Waals surface area contributed by atoms with Crippen LogP contribution in [0.2, 0.25) is 5.02 Å². The van der Waals surface area contributed by atoms with Gasteiger partial charge in [-0.05, 0) is 12.1 Å². The van der Waals surface area contributed by atoms with Gasteiger partial charge in [0.25, 0.3) is 5.91 Å². The first-order valence-electron chi connectivity index (χ1n) is 6.37. The van der Waals surface area contributed by atoms with Crippen LogP contribution in [-0.2, 0) is 0 Å². The molecule has 0 saturated heterocycles. The maximum Gasteiger partial charge on any atom is 0.270 e. The first-order chi connectivity index (χ1) is 10.2. The van der Waals surface area contributed by atoms with Crippen LogP contribution >= 0.6 is 11.6 Å². The van der Waals surface area contributed by atoms with Gasteiger partial charge in [-0.3, -0.25) is 4.79 Å². The average molecular weight is 298 g/mol. The predicted octanol–water partition coefficient (Wildman–Crippen LogP) is 3.29. The molecule has 2 aromatic carbocycles. The monoisotopic (exact) mass is 297 g/mol. The molecule has 4 nitrogen and oxygen atoms in total. The van der Waals surface area contributed by atoms with E-state index in [4.69, 9.17) is 17.3 Å². The molecule has 104 valence electrons. The number of para-hydroxylation sites is 1. The van der Waals surface area contributed by atoms with Gasteiger partial charge in [-0.2, -0.15) is 5.10 Å². The van der Waals surface area contributed by atoms with Crippen molar-refractivity contribution >= 4 is 17.5 Å². The van der Waals surface area contributed by atoms with Crippen LogP contribution in [0.3, 0.4) is 0 Å². The van der Waals surface area contributed by atoms with E-state index in [2.05, 4.69) is 5.10 Å². The number of primary amides is 1. The second-order valence-corrected chi connectivity index (χ2v) is 4.87. The first-order valence-corrected chi connectivity index (χ1v) is 6.75. The summed E-state index contributed by atoms with van der Waals surface area (Å²) in [5, 5.41) is 4.53. The quantitative estimate of drug-likeness (QED) is 0.806. The maximum atomic E-state index is 11.5. The van der Waals surface area contributed by atoms with Crippen LogP contribution in [0.5, 0.6) is 0 Å². The van der Waals surface area contributed by atoms with Crippen LogP contribution in [0.15, 0.2) is 60.7 Å². The fraction of sp³-hybridized carbons (Fsp3) is 0. The van der Waals surface area contributed by atoms with Gasteiger partial charge in [0.05, 0.1) is 11.4 Å². The molecule has 0 atom stereocenters. The lowest BCUT2D eigenvalue weighted by Gasteiger charge is -2.07. The topological polar surface area (TPSA) is 60.9 Å². The summed E-state index contributed by atoms with van der Waals surface area (Å²) in [6.07, 6.45) is 0. The molecule has 0 bridgehead atoms. The van der Waals surface area contributed by atoms with E-state index < -0.39 is 5.91 Å². The number of nitrogens with zero attached hydrogens (tertiary/aromatic N) is 2. The highest BCUT2D eigenvalue weighted by molar-refractivity contribution is 6.36. The Labute approximate surface area is 126 Å². The Hall–Kier alpha value is -2.59. The van der Waals surface area contributed by atoms with Gasteiger partial charge in [0, 0.05) is 5.56 Å². The number of aromatic nitrogens is 2. The van der Waals surface area contributed by atoms with Crippen molar-refractivity contribution in [3.8, 4) is 16.9 Å². The molecule has 0 radical (unpaired) electrons. The molecule has 0 unspecified atom stereocenters. The van der Waals surface area contributed by atoms with E-state index in [9.17, 15) is 4.79 Å². The smallest absolute Gasteiger partial charge is 0.270 e. The Kier molecular flexibility index (Phi) is 3.46. The van der Waals surface area contributed by atoms with Crippen LogP contribution in [-0.4, -0.2) is 15.7 Å². The molecule has 5 heteroatoms. The van der Waals surface area contributed by atoms with E-state index in [1.165, 1.54) is 0 Å². The molecule has 3 rings (SSSR count). The van der Waals surface area contributed by atoms with Gasteiger partial charge >= 0.3 is 0 Å². The zero-order valence-electron chi connectivity index (χ0n) is 11.0. The molecule has 3 aromatic rings. The summed E-state index contributed by atoms with van der Waals surface area (Å²) in [6.45, 7) is 0. The number of hydrogen-bond donors (Lipinski definition) is 1. The van der Waals surface area contributed by atoms with Crippen molar-refractivity contribution in [2.45, 2.75) is 0 Å². The van der Waals surface area contributed by atoms with Gasteiger partial charge in [0.2, 0.25) is 0 Å². The lowest BCUT2D eigenvalue weighted by atomic mass is 10.1. The molecule has 0 aliphatic heterocycles. The van der Waals surface area contributed by atoms with Crippen molar-refractivity contribution in [2.75, 3.05) is 0 Å². The number of amides is 1. The molecule has 2 N–H and O–H groups in total. The number of carbonyl (C=O) groups excluding carboxylic acids is 1. The molecule has 0 saturated carbocycles. The Bertz CT molecular complexity index is 782. The highest BCUT2D eigenvalue weighted by Gasteiger charge is 2.21. The summed E-state index contributed by atoms with van der Waals surface area (Å²) in [5.74, 6) is -0.646. The molecule has 0 aliphatic carbocycles. The second kappa shape index (κ2) is 5.42. The zero-order valence-corrected chi connectivity index (χ0v) is 11.8. The van der Waals surface area contributed by atoms with Crippen LogP contribution in [0, 0.1) is 0 Å². The fourth-order valence-electron chi connectivity index (χ4n) is 2.16. The Balaban J connectivity index is 2.29. The highest BCUT2D eigenvalue weighted by atomic mass is 35.5. The van der Waals surface area contributed by atoms with Gasteiger partial charge in [-0.15, -0.1) is 0 Å². The third kappa shape index (κ3) is 2.41. The van der Waals surface area contributed by atoms with Crippen LogP contribution in [0.4, 0.5) is 0 Å². The number of halogens is 1. The van der Waals surface area contributed by atoms with E-state index >= 15 is 0 Å². The maximum absolute atomic E-state index is 11.5. The van der Waals surface area contributed by atoms with Crippen molar-refractivity contribution in [2.24, 2.45) is 5.73 Å². The van der Waals surface area contributed by atoms with Crippen LogP contribution in [0.25, 0.3) is 16.9 Å². The van der Waals surface area contributed by atoms with E-state index in [-0.39, 0.29) is 10.7 Å². The van der Waals surface area contributed by atoms with Gasteiger partial charge in [0.1, 0.15) is 5.02 Å². The second-order valence-electron chi connectivity index (χ2n) is 4.49. The van der Waals surface area contributed by atoms with E-state index in [0.717, 1.165) is 11.3 Å². The lowest BCUT2D eigenvalue weighted by Crippen LogP contribution is -2.12. The Morgan fingerprint density at radius 3 is 2.14 bits per heavy atom. The van der Waals surface area contributed by atoms with E-state index in [1.807, 2.05) is 60.7 Å². The first kappa shape index (κ1) is 13.4. The number of nitrogens with two attached hydrogens (primary N) is 1. The zero-order chi connectivity index (χ0) is 14.8. The number of benzene rings is 2. The van der Waals surface area contributed by atoms with Crippen molar-refractivity contribution in [3.63, 3.8) is 0 Å². The highest BCUT2D eigenvalue weighted by Crippen LogP contribution is 2.32. The summed E-state index contributed by atoms with van der Waals surface area (Å²) < 4.78 is 1.64. The number of rotatable bonds is 3. The normalized spacial score (nSPS) is 10.5. The Morgan fingerprint density at radius 1 is 1.00 bits per heavy atom. The molecule has 21 heavy (non-hydrogen) atoms. The van der Waals surface area contributed by atoms with Crippen molar-refractivity contribution in [1.29, 1.82) is 0 Å². The molecule has 1 amide bonds. The van der Waals surface area contributed by atoms with Crippen molar-refractivity contribution in [3.05, 3.63) is 71.4 Å². The summed E-state index contributed by atoms with van der Waals surface area (Å²) >= 11 is 6.32. The minimum absolute atomic E-state index is 0.0689. The third-order valence-electron chi connectivity index (χ3n) is 3.11. The number of carbonyl (C=O) groups is 1. The molecule has 0 fully saturated rings. The minimum atomic E-state index is -0.646. The molecule has 1 aromatic heterocycles. The van der Waals surface area contributed by atoms with E-state index in [1.54, 1.807) is 4.68 Å². The van der Waals surface area contributed by atoms with Crippen molar-refractivity contribution < 1.29 is 4.79 Å². The molecular weight excluding hydrogens is 286 g/mol. The van der Waals surface area contributed by atoms with Gasteiger partial charge in [-0.1, -0.05) is 60.1 Å². The van der Waals surface area contributed by atoms with E-state index in [0.29, 0.717) is 5.69 Å². The molecule has 0 spiro atoms. The van der Waals surface area contributed by atoms with Crippen molar-refractivity contribution in [1.82, 2.24) is 9.78 Å². The minimum Gasteiger partial charge on any atom is -0.364 e. The van der Waals surface area contributed by atoms with Crippen LogP contribution < -0.4 is 5.73 Å². The predicted molar refractivity (Wildman–Crippen MR) is 82.5 cm³/mol.